The summed E-state index contributed by atoms with van der Waals surface area (Å²) in [5.74, 6) is -1.08. The van der Waals surface area contributed by atoms with E-state index in [1.807, 2.05) is 0 Å². The Kier molecular flexibility index (Phi) is 13.3. The summed E-state index contributed by atoms with van der Waals surface area (Å²) in [6.07, 6.45) is 6.77. The minimum atomic E-state index is -1.13. The summed E-state index contributed by atoms with van der Waals surface area (Å²) >= 11 is 0. The molecule has 1 fully saturated rings. The summed E-state index contributed by atoms with van der Waals surface area (Å²) in [4.78, 5) is 42.2. The Morgan fingerprint density at radius 1 is 0.964 bits per heavy atom. The Morgan fingerprint density at radius 2 is 1.71 bits per heavy atom. The van der Waals surface area contributed by atoms with Gasteiger partial charge in [0.15, 0.2) is 17.4 Å². The number of ether oxygens (including phenoxy) is 5. The highest BCUT2D eigenvalue weighted by Crippen LogP contribution is 2.36. The lowest BCUT2D eigenvalue weighted by atomic mass is 9.98. The average Bonchev–Trinajstić information content (AvgIpc) is 3.66. The molecule has 4 N–H and O–H groups in total. The molecule has 292 valence electrons. The quantitative estimate of drug-likeness (QED) is 0.0511. The summed E-state index contributed by atoms with van der Waals surface area (Å²) in [7, 11) is 1.42. The molecule has 16 nitrogen and oxygen atoms in total. The Morgan fingerprint density at radius 3 is 2.43 bits per heavy atom. The van der Waals surface area contributed by atoms with Crippen LogP contribution in [0.3, 0.4) is 0 Å². The molecule has 2 aromatic heterocycles. The summed E-state index contributed by atoms with van der Waals surface area (Å²) in [5.41, 5.74) is 7.53. The lowest BCUT2D eigenvalue weighted by Crippen LogP contribution is -2.23. The van der Waals surface area contributed by atoms with Crippen molar-refractivity contribution in [3.63, 3.8) is 0 Å². The molecule has 1 unspecified atom stereocenters. The van der Waals surface area contributed by atoms with E-state index in [-0.39, 0.29) is 73.2 Å². The predicted octanol–water partition coefficient (Wildman–Crippen LogP) is 5.19. The number of nitrogens with zero attached hydrogens (tertiary/aromatic N) is 6. The van der Waals surface area contributed by atoms with Crippen molar-refractivity contribution in [1.29, 1.82) is 0 Å². The largest absolute Gasteiger partial charge is 0.508 e. The first-order chi connectivity index (χ1) is 27.3. The summed E-state index contributed by atoms with van der Waals surface area (Å²) < 4.78 is 45.2. The van der Waals surface area contributed by atoms with E-state index >= 15 is 4.39 Å². The van der Waals surface area contributed by atoms with Gasteiger partial charge < -0.3 is 39.8 Å². The smallest absolute Gasteiger partial charge is 0.497 e. The zero-order chi connectivity index (χ0) is 39.3. The third kappa shape index (κ3) is 10.1. The number of amides is 1. The molecule has 0 radical (unpaired) electrons. The number of aromatic nitrogens is 5. The molecule has 1 aliphatic rings. The third-order valence-corrected chi connectivity index (χ3v) is 8.61. The first-order valence-corrected chi connectivity index (χ1v) is 17.9. The molecule has 5 aromatic rings. The molecule has 1 amide bonds. The van der Waals surface area contributed by atoms with E-state index in [0.29, 0.717) is 16.8 Å². The molecule has 0 spiro atoms. The van der Waals surface area contributed by atoms with E-state index in [2.05, 4.69) is 30.4 Å². The van der Waals surface area contributed by atoms with Gasteiger partial charge >= 0.3 is 12.2 Å². The van der Waals surface area contributed by atoms with Gasteiger partial charge in [0.2, 0.25) is 0 Å². The topological polar surface area (TPSA) is 207 Å². The van der Waals surface area contributed by atoms with Crippen molar-refractivity contribution in [3.05, 3.63) is 114 Å². The van der Waals surface area contributed by atoms with Crippen molar-refractivity contribution in [2.24, 2.45) is 10.7 Å². The Labute approximate surface area is 321 Å². The number of aliphatic hydroxyl groups excluding tert-OH is 1. The first-order valence-electron chi connectivity index (χ1n) is 17.9. The van der Waals surface area contributed by atoms with Crippen LogP contribution in [0.4, 0.5) is 14.9 Å². The van der Waals surface area contributed by atoms with Crippen molar-refractivity contribution in [1.82, 2.24) is 24.7 Å². The molecule has 0 saturated heterocycles. The minimum Gasteiger partial charge on any atom is -0.497 e. The number of anilines is 1. The van der Waals surface area contributed by atoms with Crippen LogP contribution in [0.15, 0.2) is 90.2 Å². The zero-order valence-corrected chi connectivity index (χ0v) is 30.5. The maximum atomic E-state index is 16.4. The number of methoxy groups -OCH3 is 1. The number of hydrogen-bond acceptors (Lipinski definition) is 13. The van der Waals surface area contributed by atoms with Gasteiger partial charge in [-0.25, -0.2) is 19.2 Å². The number of benzene rings is 3. The Balaban J connectivity index is 1.30. The molecular formula is C39H41FN8O8. The van der Waals surface area contributed by atoms with Gasteiger partial charge in [-0.3, -0.25) is 4.79 Å². The fourth-order valence-corrected chi connectivity index (χ4v) is 5.86. The van der Waals surface area contributed by atoms with Gasteiger partial charge in [0.1, 0.15) is 43.6 Å². The SMILES string of the molecule is COc1cc(OCCO)c(F)c(C(Nc2ccc(C(N)=NC(=O)c3ccccc3)cc2)c2nc(OCCOC(=O)OC3CCCCC3)n(-c3ncccn3)n2)c1. The van der Waals surface area contributed by atoms with E-state index in [4.69, 9.17) is 29.4 Å². The number of hydrogen-bond donors (Lipinski definition) is 3. The second-order valence-electron chi connectivity index (χ2n) is 12.5. The van der Waals surface area contributed by atoms with Gasteiger partial charge in [-0.2, -0.15) is 9.98 Å². The second kappa shape index (κ2) is 19.1. The summed E-state index contributed by atoms with van der Waals surface area (Å²) in [6, 6.07) is 18.4. The van der Waals surface area contributed by atoms with E-state index < -0.39 is 23.9 Å². The molecule has 1 aliphatic carbocycles. The molecule has 2 heterocycles. The number of carbonyl (C=O) groups excluding carboxylic acids is 2. The van der Waals surface area contributed by atoms with Gasteiger partial charge in [0.05, 0.1) is 13.7 Å². The summed E-state index contributed by atoms with van der Waals surface area (Å²) in [5, 5.41) is 17.3. The molecule has 56 heavy (non-hydrogen) atoms. The number of halogens is 1. The molecule has 17 heteroatoms. The van der Waals surface area contributed by atoms with Crippen LogP contribution in [-0.4, -0.2) is 87.4 Å². The van der Waals surface area contributed by atoms with E-state index in [1.54, 1.807) is 60.7 Å². The van der Waals surface area contributed by atoms with Crippen LogP contribution >= 0.6 is 0 Å². The van der Waals surface area contributed by atoms with Gasteiger partial charge in [-0.1, -0.05) is 24.6 Å². The number of aliphatic imine (C=N–C) groups is 1. The van der Waals surface area contributed by atoms with Crippen molar-refractivity contribution in [2.45, 2.75) is 44.2 Å². The molecule has 3 aromatic carbocycles. The lowest BCUT2D eigenvalue weighted by molar-refractivity contribution is 0.00553. The van der Waals surface area contributed by atoms with E-state index in [0.717, 1.165) is 32.1 Å². The van der Waals surface area contributed by atoms with Crippen LogP contribution in [0.2, 0.25) is 0 Å². The van der Waals surface area contributed by atoms with Gasteiger partial charge in [-0.05, 0) is 74.2 Å². The highest BCUT2D eigenvalue weighted by molar-refractivity contribution is 6.08. The number of amidine groups is 1. The number of rotatable bonds is 16. The maximum absolute atomic E-state index is 16.4. The van der Waals surface area contributed by atoms with Crippen LogP contribution in [0, 0.1) is 5.82 Å². The second-order valence-corrected chi connectivity index (χ2v) is 12.5. The number of aliphatic hydroxyl groups is 1. The molecule has 6 rings (SSSR count). The van der Waals surface area contributed by atoms with Crippen molar-refractivity contribution < 1.29 is 42.8 Å². The van der Waals surface area contributed by atoms with Crippen molar-refractivity contribution in [3.8, 4) is 23.5 Å². The Bertz CT molecular complexity index is 2100. The minimum absolute atomic E-state index is 0.00255. The van der Waals surface area contributed by atoms with Crippen molar-refractivity contribution >= 4 is 23.6 Å². The fraction of sp³-hybridized carbons (Fsp3) is 0.308. The molecular weight excluding hydrogens is 727 g/mol. The molecule has 0 aliphatic heterocycles. The van der Waals surface area contributed by atoms with E-state index in [1.165, 1.54) is 36.3 Å². The van der Waals surface area contributed by atoms with Gasteiger partial charge in [-0.15, -0.1) is 9.78 Å². The van der Waals surface area contributed by atoms with Gasteiger partial charge in [0, 0.05) is 40.8 Å². The zero-order valence-electron chi connectivity index (χ0n) is 30.5. The first kappa shape index (κ1) is 39.1. The molecule has 1 atom stereocenters. The normalized spacial score (nSPS) is 13.7. The fourth-order valence-electron chi connectivity index (χ4n) is 5.86. The van der Waals surface area contributed by atoms with E-state index in [9.17, 15) is 14.7 Å². The van der Waals surface area contributed by atoms with Crippen LogP contribution in [0.25, 0.3) is 5.95 Å². The van der Waals surface area contributed by atoms with Crippen LogP contribution < -0.4 is 25.3 Å². The monoisotopic (exact) mass is 768 g/mol. The summed E-state index contributed by atoms with van der Waals surface area (Å²) in [6.45, 7) is -0.815. The van der Waals surface area contributed by atoms with Crippen LogP contribution in [-0.2, 0) is 9.47 Å². The Hall–Kier alpha value is -6.62. The van der Waals surface area contributed by atoms with Crippen LogP contribution in [0.1, 0.15) is 65.5 Å². The molecule has 0 bridgehead atoms. The van der Waals surface area contributed by atoms with Crippen molar-refractivity contribution in [2.75, 3.05) is 38.9 Å². The third-order valence-electron chi connectivity index (χ3n) is 8.61. The highest BCUT2D eigenvalue weighted by atomic mass is 19.1. The maximum Gasteiger partial charge on any atom is 0.508 e. The number of carbonyl (C=O) groups is 2. The highest BCUT2D eigenvalue weighted by Gasteiger charge is 2.29. The number of nitrogens with two attached hydrogens (primary N) is 1. The lowest BCUT2D eigenvalue weighted by Gasteiger charge is -2.21. The van der Waals surface area contributed by atoms with Gasteiger partial charge in [0.25, 0.3) is 11.9 Å². The van der Waals surface area contributed by atoms with Crippen LogP contribution in [0.5, 0.6) is 17.5 Å². The molecule has 1 saturated carbocycles. The number of nitrogens with one attached hydrogen (secondary N) is 1. The predicted molar refractivity (Wildman–Crippen MR) is 201 cm³/mol. The standard InChI is InChI=1S/C39H41FN8O8/c1-52-29-23-30(32(40)31(24-29)53-20-19-49)33(44-27-15-13-25(14-16-27)34(41)45-36(50)26-9-4-2-5-10-26)35-46-38(48(47-35)37-42-17-8-18-43-37)54-21-22-55-39(51)56-28-11-6-3-7-12-28/h2,4-5,8-10,13-18,23-24,28,33,44,49H,3,6-7,11-12,19-22H2,1H3,(H2,41,45,50). The average molecular weight is 769 g/mol.